The lowest BCUT2D eigenvalue weighted by Crippen LogP contribution is -2.36. The van der Waals surface area contributed by atoms with Crippen molar-refractivity contribution in [2.45, 2.75) is 33.6 Å². The minimum atomic E-state index is -0.0236. The molecule has 2 unspecified atom stereocenters. The van der Waals surface area contributed by atoms with Crippen molar-refractivity contribution >= 4 is 5.97 Å². The first-order valence-electron chi connectivity index (χ1n) is 4.92. The number of carbonyl (C=O) groups is 1. The average Bonchev–Trinajstić information content (AvgIpc) is 2.10. The molecule has 0 bridgehead atoms. The van der Waals surface area contributed by atoms with E-state index in [-0.39, 0.29) is 17.3 Å². The summed E-state index contributed by atoms with van der Waals surface area (Å²) in [7, 11) is 0. The molecule has 0 spiro atoms. The van der Waals surface area contributed by atoms with Gasteiger partial charge in [-0.05, 0) is 19.8 Å². The predicted molar refractivity (Wildman–Crippen MR) is 52.3 cm³/mol. The van der Waals surface area contributed by atoms with Crippen LogP contribution in [0.25, 0.3) is 0 Å². The van der Waals surface area contributed by atoms with Gasteiger partial charge in [0, 0.05) is 5.41 Å². The molecule has 13 heavy (non-hydrogen) atoms. The van der Waals surface area contributed by atoms with Crippen molar-refractivity contribution in [3.8, 4) is 0 Å². The van der Waals surface area contributed by atoms with Crippen molar-refractivity contribution < 1.29 is 9.53 Å². The van der Waals surface area contributed by atoms with Crippen LogP contribution in [0.1, 0.15) is 33.6 Å². The van der Waals surface area contributed by atoms with Crippen LogP contribution in [0.15, 0.2) is 12.2 Å². The number of esters is 1. The molecule has 0 aromatic rings. The average molecular weight is 182 g/mol. The molecule has 2 heteroatoms. The molecular weight excluding hydrogens is 164 g/mol. The monoisotopic (exact) mass is 182 g/mol. The number of rotatable bonds is 2. The molecule has 1 heterocycles. The molecule has 2 nitrogen and oxygen atoms in total. The topological polar surface area (TPSA) is 26.3 Å². The highest BCUT2D eigenvalue weighted by Crippen LogP contribution is 2.34. The molecule has 1 aliphatic rings. The van der Waals surface area contributed by atoms with Crippen LogP contribution >= 0.6 is 0 Å². The fourth-order valence-electron chi connectivity index (χ4n) is 1.89. The fraction of sp³-hybridized carbons (Fsp3) is 0.727. The van der Waals surface area contributed by atoms with Crippen molar-refractivity contribution in [3.63, 3.8) is 0 Å². The molecule has 0 aliphatic carbocycles. The highest BCUT2D eigenvalue weighted by molar-refractivity contribution is 5.73. The molecule has 0 radical (unpaired) electrons. The van der Waals surface area contributed by atoms with Gasteiger partial charge in [-0.1, -0.05) is 26.0 Å². The van der Waals surface area contributed by atoms with E-state index in [1.54, 1.807) is 0 Å². The van der Waals surface area contributed by atoms with Crippen LogP contribution in [0.3, 0.4) is 0 Å². The molecule has 1 saturated heterocycles. The van der Waals surface area contributed by atoms with Gasteiger partial charge in [-0.25, -0.2) is 0 Å². The zero-order valence-corrected chi connectivity index (χ0v) is 8.67. The van der Waals surface area contributed by atoms with E-state index in [0.717, 1.165) is 12.8 Å². The van der Waals surface area contributed by atoms with Crippen LogP contribution in [0.2, 0.25) is 0 Å². The van der Waals surface area contributed by atoms with Crippen molar-refractivity contribution in [1.29, 1.82) is 0 Å². The summed E-state index contributed by atoms with van der Waals surface area (Å²) in [5, 5.41) is 0. The van der Waals surface area contributed by atoms with E-state index in [2.05, 4.69) is 13.0 Å². The second kappa shape index (κ2) is 3.95. The lowest BCUT2D eigenvalue weighted by molar-refractivity contribution is -0.159. The Hall–Kier alpha value is -0.790. The summed E-state index contributed by atoms with van der Waals surface area (Å²) in [5.74, 6) is 0.0689. The minimum absolute atomic E-state index is 0.0236. The van der Waals surface area contributed by atoms with Gasteiger partial charge in [0.2, 0.25) is 0 Å². The first-order chi connectivity index (χ1) is 6.11. The van der Waals surface area contributed by atoms with Gasteiger partial charge < -0.3 is 4.74 Å². The highest BCUT2D eigenvalue weighted by atomic mass is 16.5. The third-order valence-corrected chi connectivity index (χ3v) is 2.65. The maximum atomic E-state index is 11.3. The fourth-order valence-corrected chi connectivity index (χ4v) is 1.89. The van der Waals surface area contributed by atoms with E-state index >= 15 is 0 Å². The number of allylic oxidation sites excluding steroid dienone is 1. The first kappa shape index (κ1) is 10.3. The van der Waals surface area contributed by atoms with Crippen molar-refractivity contribution in [1.82, 2.24) is 0 Å². The number of hydrogen-bond donors (Lipinski definition) is 0. The first-order valence-corrected chi connectivity index (χ1v) is 4.92. The van der Waals surface area contributed by atoms with E-state index in [4.69, 9.17) is 4.74 Å². The largest absolute Gasteiger partial charge is 0.465 e. The lowest BCUT2D eigenvalue weighted by atomic mass is 9.78. The van der Waals surface area contributed by atoms with Gasteiger partial charge in [0.1, 0.15) is 6.61 Å². The zero-order chi connectivity index (χ0) is 9.90. The Balaban J connectivity index is 2.68. The third kappa shape index (κ3) is 2.33. The van der Waals surface area contributed by atoms with E-state index in [0.29, 0.717) is 6.61 Å². The smallest absolute Gasteiger partial charge is 0.308 e. The summed E-state index contributed by atoms with van der Waals surface area (Å²) in [6.07, 6.45) is 5.98. The molecule has 0 aromatic carbocycles. The predicted octanol–water partition coefficient (Wildman–Crippen LogP) is 2.54. The molecule has 1 fully saturated rings. The zero-order valence-electron chi connectivity index (χ0n) is 8.67. The normalized spacial score (nSPS) is 35.0. The molecule has 0 saturated carbocycles. The number of cyclic esters (lactones) is 1. The lowest BCUT2D eigenvalue weighted by Gasteiger charge is -2.34. The summed E-state index contributed by atoms with van der Waals surface area (Å²) in [6.45, 7) is 6.71. The summed E-state index contributed by atoms with van der Waals surface area (Å²) < 4.78 is 5.16. The van der Waals surface area contributed by atoms with Crippen LogP contribution in [0.5, 0.6) is 0 Å². The Kier molecular flexibility index (Phi) is 3.12. The minimum Gasteiger partial charge on any atom is -0.465 e. The van der Waals surface area contributed by atoms with Gasteiger partial charge in [-0.2, -0.15) is 0 Å². The molecule has 74 valence electrons. The number of carbonyl (C=O) groups excluding carboxylic acids is 1. The molecule has 0 aromatic heterocycles. The third-order valence-electron chi connectivity index (χ3n) is 2.65. The molecule has 1 rings (SSSR count). The van der Waals surface area contributed by atoms with Gasteiger partial charge in [0.15, 0.2) is 0 Å². The van der Waals surface area contributed by atoms with Crippen LogP contribution in [0.4, 0.5) is 0 Å². The summed E-state index contributed by atoms with van der Waals surface area (Å²) >= 11 is 0. The van der Waals surface area contributed by atoms with Gasteiger partial charge in [-0.15, -0.1) is 0 Å². The second-order valence-electron chi connectivity index (χ2n) is 4.07. The SMILES string of the molecule is C/C=C/C1(C)COC(=O)C(CC)C1. The molecule has 0 N–H and O–H groups in total. The molecule has 0 amide bonds. The molecular formula is C11H18O2. The van der Waals surface area contributed by atoms with Gasteiger partial charge in [0.05, 0.1) is 5.92 Å². The Bertz CT molecular complexity index is 220. The van der Waals surface area contributed by atoms with E-state index in [1.165, 1.54) is 0 Å². The molecule has 1 aliphatic heterocycles. The van der Waals surface area contributed by atoms with E-state index < -0.39 is 0 Å². The van der Waals surface area contributed by atoms with Gasteiger partial charge in [-0.3, -0.25) is 4.79 Å². The van der Waals surface area contributed by atoms with Gasteiger partial charge in [0.25, 0.3) is 0 Å². The summed E-state index contributed by atoms with van der Waals surface area (Å²) in [5.41, 5.74) is 0.0589. The summed E-state index contributed by atoms with van der Waals surface area (Å²) in [4.78, 5) is 11.3. The second-order valence-corrected chi connectivity index (χ2v) is 4.07. The maximum absolute atomic E-state index is 11.3. The quantitative estimate of drug-likeness (QED) is 0.484. The van der Waals surface area contributed by atoms with Crippen LogP contribution in [0, 0.1) is 11.3 Å². The maximum Gasteiger partial charge on any atom is 0.308 e. The van der Waals surface area contributed by atoms with Crippen molar-refractivity contribution in [2.24, 2.45) is 11.3 Å². The standard InChI is InChI=1S/C11H18O2/c1-4-6-11(3)7-9(5-2)10(12)13-8-11/h4,6,9H,5,7-8H2,1-3H3/b6-4+. The Morgan fingerprint density at radius 2 is 2.38 bits per heavy atom. The number of hydrogen-bond acceptors (Lipinski definition) is 2. The van der Waals surface area contributed by atoms with Crippen LogP contribution in [-0.2, 0) is 9.53 Å². The highest BCUT2D eigenvalue weighted by Gasteiger charge is 2.35. The summed E-state index contributed by atoms with van der Waals surface area (Å²) in [6, 6.07) is 0. The van der Waals surface area contributed by atoms with Crippen molar-refractivity contribution in [3.05, 3.63) is 12.2 Å². The van der Waals surface area contributed by atoms with Crippen LogP contribution in [-0.4, -0.2) is 12.6 Å². The van der Waals surface area contributed by atoms with E-state index in [9.17, 15) is 4.79 Å². The molecule has 2 atom stereocenters. The Morgan fingerprint density at radius 3 is 2.92 bits per heavy atom. The van der Waals surface area contributed by atoms with Gasteiger partial charge >= 0.3 is 5.97 Å². The van der Waals surface area contributed by atoms with Crippen molar-refractivity contribution in [2.75, 3.05) is 6.61 Å². The Morgan fingerprint density at radius 1 is 1.69 bits per heavy atom. The Labute approximate surface area is 80.0 Å². The number of ether oxygens (including phenoxy) is 1. The van der Waals surface area contributed by atoms with E-state index in [1.807, 2.05) is 19.9 Å². The van der Waals surface area contributed by atoms with Crippen LogP contribution < -0.4 is 0 Å².